The number of hydrogen-bond acceptors (Lipinski definition) is 3. The lowest BCUT2D eigenvalue weighted by molar-refractivity contribution is 0.0978. The predicted octanol–water partition coefficient (Wildman–Crippen LogP) is 2.92. The molecule has 0 fully saturated rings. The molecule has 0 N–H and O–H groups in total. The third-order valence-corrected chi connectivity index (χ3v) is 5.20. The maximum Gasteiger partial charge on any atom is 0.197 e. The molecule has 0 saturated heterocycles. The summed E-state index contributed by atoms with van der Waals surface area (Å²) in [5, 5.41) is 0. The van der Waals surface area contributed by atoms with Gasteiger partial charge in [-0.3, -0.25) is 14.6 Å². The fourth-order valence-corrected chi connectivity index (χ4v) is 4.00. The van der Waals surface area contributed by atoms with Gasteiger partial charge in [0.05, 0.1) is 16.7 Å². The molecule has 0 unspecified atom stereocenters. The first-order valence-corrected chi connectivity index (χ1v) is 7.99. The Labute approximate surface area is 138 Å². The first kappa shape index (κ1) is 13.4. The summed E-state index contributed by atoms with van der Waals surface area (Å²) in [6.07, 6.45) is 3.76. The molecule has 3 heterocycles. The van der Waals surface area contributed by atoms with Gasteiger partial charge in [-0.05, 0) is 24.1 Å². The minimum absolute atomic E-state index is 0.0572. The quantitative estimate of drug-likeness (QED) is 0.441. The molecule has 2 aliphatic rings. The molecule has 2 aromatic heterocycles. The standard InChI is InChI=1S/C20H14N2O2/c1-11-17-18(19(23)14-6-7-21-9-15(14)20(17)24)16-8-12-4-2-3-5-13(12)10-22(11)16/h2-7,9H,8,10H2,1H3. The molecule has 3 aromatic rings. The minimum Gasteiger partial charge on any atom is -0.343 e. The maximum atomic E-state index is 13.1. The normalized spacial score (nSPS) is 14.7. The summed E-state index contributed by atoms with van der Waals surface area (Å²) in [6, 6.07) is 9.90. The summed E-state index contributed by atoms with van der Waals surface area (Å²) in [6.45, 7) is 2.64. The van der Waals surface area contributed by atoms with Crippen molar-refractivity contribution in [1.82, 2.24) is 9.55 Å². The molecule has 116 valence electrons. The highest BCUT2D eigenvalue weighted by molar-refractivity contribution is 6.29. The van der Waals surface area contributed by atoms with Gasteiger partial charge < -0.3 is 4.57 Å². The van der Waals surface area contributed by atoms with E-state index in [1.807, 2.05) is 19.1 Å². The molecule has 0 atom stereocenters. The molecule has 1 aliphatic heterocycles. The van der Waals surface area contributed by atoms with Gasteiger partial charge in [0, 0.05) is 42.3 Å². The minimum atomic E-state index is -0.0869. The Morgan fingerprint density at radius 3 is 2.54 bits per heavy atom. The second-order valence-electron chi connectivity index (χ2n) is 6.39. The van der Waals surface area contributed by atoms with Gasteiger partial charge in [0.1, 0.15) is 0 Å². The molecule has 24 heavy (non-hydrogen) atoms. The van der Waals surface area contributed by atoms with Crippen LogP contribution in [0.4, 0.5) is 0 Å². The molecule has 4 nitrogen and oxygen atoms in total. The topological polar surface area (TPSA) is 52.0 Å². The van der Waals surface area contributed by atoms with E-state index in [0.29, 0.717) is 35.2 Å². The lowest BCUT2D eigenvalue weighted by Gasteiger charge is -2.21. The molecule has 0 bridgehead atoms. The zero-order valence-corrected chi connectivity index (χ0v) is 13.2. The lowest BCUT2D eigenvalue weighted by Crippen LogP contribution is -2.21. The first-order valence-electron chi connectivity index (χ1n) is 7.99. The van der Waals surface area contributed by atoms with Crippen molar-refractivity contribution >= 4 is 11.6 Å². The summed E-state index contributed by atoms with van der Waals surface area (Å²) in [7, 11) is 0. The van der Waals surface area contributed by atoms with E-state index < -0.39 is 0 Å². The van der Waals surface area contributed by atoms with Crippen LogP contribution >= 0.6 is 0 Å². The smallest absolute Gasteiger partial charge is 0.197 e. The Hall–Kier alpha value is -3.01. The zero-order valence-electron chi connectivity index (χ0n) is 13.2. The number of pyridine rings is 1. The molecule has 5 rings (SSSR count). The summed E-state index contributed by atoms with van der Waals surface area (Å²) in [5.41, 5.74) is 6.34. The van der Waals surface area contributed by atoms with Gasteiger partial charge in [-0.1, -0.05) is 24.3 Å². The molecule has 0 amide bonds. The van der Waals surface area contributed by atoms with Gasteiger partial charge in [0.25, 0.3) is 0 Å². The highest BCUT2D eigenvalue weighted by Crippen LogP contribution is 2.37. The van der Waals surface area contributed by atoms with Crippen LogP contribution in [0.25, 0.3) is 0 Å². The molecule has 0 radical (unpaired) electrons. The molecule has 1 aliphatic carbocycles. The number of nitrogens with zero attached hydrogens (tertiary/aromatic N) is 2. The second-order valence-corrected chi connectivity index (χ2v) is 6.39. The van der Waals surface area contributed by atoms with Gasteiger partial charge in [-0.25, -0.2) is 0 Å². The Morgan fingerprint density at radius 1 is 0.958 bits per heavy atom. The number of hydrogen-bond donors (Lipinski definition) is 0. The summed E-state index contributed by atoms with van der Waals surface area (Å²) >= 11 is 0. The van der Waals surface area contributed by atoms with E-state index in [-0.39, 0.29) is 11.6 Å². The van der Waals surface area contributed by atoms with Crippen LogP contribution in [-0.2, 0) is 13.0 Å². The Morgan fingerprint density at radius 2 is 1.71 bits per heavy atom. The predicted molar refractivity (Wildman–Crippen MR) is 88.6 cm³/mol. The summed E-state index contributed by atoms with van der Waals surface area (Å²) in [4.78, 5) is 30.0. The van der Waals surface area contributed by atoms with Crippen molar-refractivity contribution in [3.8, 4) is 0 Å². The molecule has 4 heteroatoms. The van der Waals surface area contributed by atoms with Crippen molar-refractivity contribution in [2.24, 2.45) is 0 Å². The third kappa shape index (κ3) is 1.55. The molecule has 0 spiro atoms. The van der Waals surface area contributed by atoms with Crippen molar-refractivity contribution in [1.29, 1.82) is 0 Å². The third-order valence-electron chi connectivity index (χ3n) is 5.20. The van der Waals surface area contributed by atoms with Crippen LogP contribution in [0.1, 0.15) is 54.4 Å². The highest BCUT2D eigenvalue weighted by atomic mass is 16.1. The van der Waals surface area contributed by atoms with E-state index in [4.69, 9.17) is 0 Å². The number of benzene rings is 1. The molecular formula is C20H14N2O2. The maximum absolute atomic E-state index is 13.1. The molecule has 0 saturated carbocycles. The van der Waals surface area contributed by atoms with E-state index in [1.54, 1.807) is 12.3 Å². The Kier molecular flexibility index (Phi) is 2.52. The molecular weight excluding hydrogens is 300 g/mol. The van der Waals surface area contributed by atoms with Crippen LogP contribution in [0.3, 0.4) is 0 Å². The Balaban J connectivity index is 1.79. The van der Waals surface area contributed by atoms with Crippen LogP contribution in [-0.4, -0.2) is 21.1 Å². The number of aromatic nitrogens is 2. The van der Waals surface area contributed by atoms with Crippen LogP contribution in [0.15, 0.2) is 42.7 Å². The van der Waals surface area contributed by atoms with Gasteiger partial charge in [-0.2, -0.15) is 0 Å². The average Bonchev–Trinajstić information content (AvgIpc) is 2.90. The zero-order chi connectivity index (χ0) is 16.4. The second kappa shape index (κ2) is 4.51. The van der Waals surface area contributed by atoms with Gasteiger partial charge in [0.2, 0.25) is 0 Å². The number of rotatable bonds is 0. The van der Waals surface area contributed by atoms with Gasteiger partial charge >= 0.3 is 0 Å². The monoisotopic (exact) mass is 314 g/mol. The number of ketones is 2. The summed E-state index contributed by atoms with van der Waals surface area (Å²) < 4.78 is 2.13. The van der Waals surface area contributed by atoms with Crippen molar-refractivity contribution in [2.45, 2.75) is 19.9 Å². The van der Waals surface area contributed by atoms with Crippen molar-refractivity contribution in [3.63, 3.8) is 0 Å². The average molecular weight is 314 g/mol. The summed E-state index contributed by atoms with van der Waals surface area (Å²) in [5.74, 6) is -0.144. The van der Waals surface area contributed by atoms with Crippen molar-refractivity contribution in [3.05, 3.63) is 87.5 Å². The van der Waals surface area contributed by atoms with Crippen LogP contribution in [0.2, 0.25) is 0 Å². The van der Waals surface area contributed by atoms with Crippen molar-refractivity contribution < 1.29 is 9.59 Å². The largest absolute Gasteiger partial charge is 0.343 e. The highest BCUT2D eigenvalue weighted by Gasteiger charge is 2.37. The van der Waals surface area contributed by atoms with Crippen molar-refractivity contribution in [2.75, 3.05) is 0 Å². The van der Waals surface area contributed by atoms with Gasteiger partial charge in [-0.15, -0.1) is 0 Å². The van der Waals surface area contributed by atoms with Crippen LogP contribution < -0.4 is 0 Å². The van der Waals surface area contributed by atoms with E-state index in [9.17, 15) is 9.59 Å². The van der Waals surface area contributed by atoms with E-state index >= 15 is 0 Å². The van der Waals surface area contributed by atoms with E-state index in [0.717, 1.165) is 11.4 Å². The van der Waals surface area contributed by atoms with Crippen LogP contribution in [0.5, 0.6) is 0 Å². The SMILES string of the molecule is Cc1c2c(c3n1Cc1ccccc1C3)C(=O)c1ccncc1C2=O. The van der Waals surface area contributed by atoms with Crippen LogP contribution in [0, 0.1) is 6.92 Å². The fraction of sp³-hybridized carbons (Fsp3) is 0.150. The lowest BCUT2D eigenvalue weighted by atomic mass is 9.84. The number of carbonyl (C=O) groups is 2. The number of fused-ring (bicyclic) bond motifs is 5. The fourth-order valence-electron chi connectivity index (χ4n) is 4.00. The molecule has 1 aromatic carbocycles. The van der Waals surface area contributed by atoms with E-state index in [1.165, 1.54) is 17.3 Å². The number of carbonyl (C=O) groups excluding carboxylic acids is 2. The first-order chi connectivity index (χ1) is 11.7. The van der Waals surface area contributed by atoms with E-state index in [2.05, 4.69) is 21.7 Å². The van der Waals surface area contributed by atoms with Gasteiger partial charge in [0.15, 0.2) is 11.6 Å². The Bertz CT molecular complexity index is 1060.